The van der Waals surface area contributed by atoms with Crippen molar-refractivity contribution in [3.63, 3.8) is 0 Å². The number of nitrogens with zero attached hydrogens (tertiary/aromatic N) is 5. The number of H-pyrrole nitrogens is 1. The van der Waals surface area contributed by atoms with Crippen molar-refractivity contribution in [3.8, 4) is 17.0 Å². The van der Waals surface area contributed by atoms with Gasteiger partial charge in [-0.1, -0.05) is 49.4 Å². The molecule has 208 valence electrons. The zero-order valence-electron chi connectivity index (χ0n) is 22.9. The highest BCUT2D eigenvalue weighted by Crippen LogP contribution is 2.46. The van der Waals surface area contributed by atoms with E-state index in [1.54, 1.807) is 16.8 Å². The van der Waals surface area contributed by atoms with Crippen LogP contribution in [0.25, 0.3) is 38.8 Å². The maximum atomic E-state index is 14.5. The number of hydrogen-bond acceptors (Lipinski definition) is 7. The summed E-state index contributed by atoms with van der Waals surface area (Å²) in [7, 11) is 0. The molecule has 0 saturated carbocycles. The van der Waals surface area contributed by atoms with E-state index in [0.717, 1.165) is 34.9 Å². The van der Waals surface area contributed by atoms with Gasteiger partial charge < -0.3 is 15.3 Å². The average molecular weight is 560 g/mol. The van der Waals surface area contributed by atoms with Crippen LogP contribution in [-0.2, 0) is 11.2 Å². The van der Waals surface area contributed by atoms with Crippen LogP contribution in [0.4, 0.5) is 10.2 Å². The molecule has 4 heterocycles. The number of para-hydroxylation sites is 1. The first-order chi connectivity index (χ1) is 20.5. The Balaban J connectivity index is 1.45. The second-order valence-electron chi connectivity index (χ2n) is 10.3. The summed E-state index contributed by atoms with van der Waals surface area (Å²) in [6.45, 7) is 3.97. The minimum atomic E-state index is -0.675. The molecule has 0 fully saturated rings. The lowest BCUT2D eigenvalue weighted by molar-refractivity contribution is -0.108. The number of benzene rings is 3. The summed E-state index contributed by atoms with van der Waals surface area (Å²) in [6.07, 6.45) is 3.07. The molecule has 0 spiro atoms. The summed E-state index contributed by atoms with van der Waals surface area (Å²) in [5.41, 5.74) is 12.0. The summed E-state index contributed by atoms with van der Waals surface area (Å²) in [4.78, 5) is 21.4. The molecule has 1 aliphatic rings. The zero-order valence-corrected chi connectivity index (χ0v) is 22.9. The predicted octanol–water partition coefficient (Wildman–Crippen LogP) is 6.00. The van der Waals surface area contributed by atoms with Gasteiger partial charge in [-0.15, -0.1) is 0 Å². The Morgan fingerprint density at radius 3 is 2.76 bits per heavy atom. The van der Waals surface area contributed by atoms with Gasteiger partial charge in [-0.25, -0.2) is 19.0 Å². The molecule has 3 aromatic carbocycles. The van der Waals surface area contributed by atoms with Crippen molar-refractivity contribution in [3.05, 3.63) is 101 Å². The number of aryl methyl sites for hydroxylation is 1. The normalized spacial score (nSPS) is 15.5. The minimum Gasteiger partial charge on any atom is -0.459 e. The number of allylic oxidation sites excluding steroid dienone is 2. The van der Waals surface area contributed by atoms with Crippen molar-refractivity contribution in [1.29, 1.82) is 0 Å². The Labute approximate surface area is 239 Å². The quantitative estimate of drug-likeness (QED) is 0.240. The lowest BCUT2D eigenvalue weighted by atomic mass is 9.83. The van der Waals surface area contributed by atoms with E-state index >= 15 is 0 Å². The third-order valence-electron chi connectivity index (χ3n) is 7.84. The van der Waals surface area contributed by atoms with E-state index in [0.29, 0.717) is 44.9 Å². The van der Waals surface area contributed by atoms with Gasteiger partial charge in [-0.3, -0.25) is 5.10 Å². The molecular weight excluding hydrogens is 533 g/mol. The number of fused-ring (bicyclic) bond motifs is 3. The molecule has 42 heavy (non-hydrogen) atoms. The third-order valence-corrected chi connectivity index (χ3v) is 7.84. The van der Waals surface area contributed by atoms with Crippen LogP contribution in [0.3, 0.4) is 0 Å². The predicted molar refractivity (Wildman–Crippen MR) is 158 cm³/mol. The van der Waals surface area contributed by atoms with Crippen LogP contribution in [0.5, 0.6) is 5.75 Å². The number of nitrogens with one attached hydrogen (secondary N) is 1. The molecule has 3 N–H and O–H groups in total. The molecule has 6 aromatic rings. The fourth-order valence-corrected chi connectivity index (χ4v) is 5.81. The molecule has 0 saturated heterocycles. The Morgan fingerprint density at radius 2 is 1.95 bits per heavy atom. The highest BCUT2D eigenvalue weighted by atomic mass is 19.1. The van der Waals surface area contributed by atoms with Crippen molar-refractivity contribution in [2.45, 2.75) is 32.2 Å². The van der Waals surface area contributed by atoms with E-state index in [1.807, 2.05) is 49.4 Å². The van der Waals surface area contributed by atoms with Crippen molar-refractivity contribution in [2.75, 3.05) is 5.73 Å². The summed E-state index contributed by atoms with van der Waals surface area (Å²) in [5.74, 6) is 0.210. The van der Waals surface area contributed by atoms with Crippen molar-refractivity contribution in [2.24, 2.45) is 0 Å². The van der Waals surface area contributed by atoms with Gasteiger partial charge in [0.05, 0.1) is 22.5 Å². The van der Waals surface area contributed by atoms with Crippen molar-refractivity contribution < 1.29 is 13.9 Å². The lowest BCUT2D eigenvalue weighted by Gasteiger charge is -2.31. The number of ether oxygens (including phenoxy) is 1. The smallest absolute Gasteiger partial charge is 0.164 e. The zero-order chi connectivity index (χ0) is 29.0. The number of aromatic nitrogens is 6. The van der Waals surface area contributed by atoms with Gasteiger partial charge in [0.2, 0.25) is 0 Å². The van der Waals surface area contributed by atoms with Crippen LogP contribution in [-0.4, -0.2) is 36.2 Å². The number of aromatic amines is 1. The average Bonchev–Trinajstić information content (AvgIpc) is 3.61. The second kappa shape index (κ2) is 9.91. The fourth-order valence-electron chi connectivity index (χ4n) is 5.81. The summed E-state index contributed by atoms with van der Waals surface area (Å²) >= 11 is 0. The van der Waals surface area contributed by atoms with E-state index in [4.69, 9.17) is 15.6 Å². The summed E-state index contributed by atoms with van der Waals surface area (Å²) < 4.78 is 22.7. The van der Waals surface area contributed by atoms with E-state index in [2.05, 4.69) is 27.1 Å². The largest absolute Gasteiger partial charge is 0.459 e. The van der Waals surface area contributed by atoms with Crippen molar-refractivity contribution in [1.82, 2.24) is 29.9 Å². The first-order valence-electron chi connectivity index (χ1n) is 13.7. The molecule has 2 unspecified atom stereocenters. The number of nitrogens with two attached hydrogens (primary N) is 1. The summed E-state index contributed by atoms with van der Waals surface area (Å²) in [6, 6.07) is 19.0. The van der Waals surface area contributed by atoms with Gasteiger partial charge in [-0.2, -0.15) is 10.2 Å². The number of hydrogen-bond donors (Lipinski definition) is 2. The maximum Gasteiger partial charge on any atom is 0.164 e. The summed E-state index contributed by atoms with van der Waals surface area (Å²) in [5, 5.41) is 14.2. The highest BCUT2D eigenvalue weighted by molar-refractivity contribution is 6.00. The first-order valence-corrected chi connectivity index (χ1v) is 13.7. The van der Waals surface area contributed by atoms with Gasteiger partial charge in [0.25, 0.3) is 0 Å². The number of aldehydes is 1. The Morgan fingerprint density at radius 1 is 1.10 bits per heavy atom. The topological polar surface area (TPSA) is 125 Å². The molecule has 0 aliphatic carbocycles. The van der Waals surface area contributed by atoms with Gasteiger partial charge in [-0.05, 0) is 43.2 Å². The molecule has 10 heteroatoms. The Hall–Kier alpha value is -5.38. The molecule has 0 radical (unpaired) electrons. The Bertz CT molecular complexity index is 2040. The van der Waals surface area contributed by atoms with Crippen LogP contribution >= 0.6 is 0 Å². The SMILES string of the molecule is CCc1n[nH]c2cc(-c3nn(C(C)C4=C(c5cccc(F)c5)C(C=O)c5ccccc5O4)c4ncnc(N)c34)ccc12. The molecule has 3 aromatic heterocycles. The van der Waals surface area contributed by atoms with E-state index < -0.39 is 17.8 Å². The number of carbonyl (C=O) groups excluding carboxylic acids is 1. The molecule has 7 rings (SSSR count). The van der Waals surface area contributed by atoms with E-state index in [-0.39, 0.29) is 5.82 Å². The molecule has 2 atom stereocenters. The fraction of sp³-hybridized carbons (Fsp3) is 0.156. The maximum absolute atomic E-state index is 14.5. The van der Waals surface area contributed by atoms with Crippen LogP contribution in [0.2, 0.25) is 0 Å². The van der Waals surface area contributed by atoms with Gasteiger partial charge >= 0.3 is 0 Å². The highest BCUT2D eigenvalue weighted by Gasteiger charge is 2.35. The molecule has 1 aliphatic heterocycles. The lowest BCUT2D eigenvalue weighted by Crippen LogP contribution is -2.23. The van der Waals surface area contributed by atoms with Crippen LogP contribution in [0.1, 0.15) is 42.6 Å². The van der Waals surface area contributed by atoms with E-state index in [1.165, 1.54) is 18.5 Å². The van der Waals surface area contributed by atoms with Crippen LogP contribution in [0.15, 0.2) is 78.8 Å². The van der Waals surface area contributed by atoms with Crippen molar-refractivity contribution >= 4 is 39.6 Å². The number of anilines is 1. The third kappa shape index (κ3) is 3.94. The number of nitrogen functional groups attached to an aromatic ring is 1. The van der Waals surface area contributed by atoms with Gasteiger partial charge in [0.15, 0.2) is 5.65 Å². The van der Waals surface area contributed by atoms with Crippen LogP contribution in [0, 0.1) is 5.82 Å². The van der Waals surface area contributed by atoms with Gasteiger partial charge in [0.1, 0.15) is 47.5 Å². The molecule has 9 nitrogen and oxygen atoms in total. The number of carbonyl (C=O) groups is 1. The minimum absolute atomic E-state index is 0.285. The number of halogens is 1. The molecule has 0 amide bonds. The number of rotatable bonds is 6. The molecular formula is C32H26FN7O2. The first kappa shape index (κ1) is 25.6. The van der Waals surface area contributed by atoms with Crippen LogP contribution < -0.4 is 10.5 Å². The van der Waals surface area contributed by atoms with E-state index in [9.17, 15) is 9.18 Å². The second-order valence-corrected chi connectivity index (χ2v) is 10.3. The molecule has 0 bridgehead atoms. The van der Waals surface area contributed by atoms with Gasteiger partial charge in [0, 0.05) is 22.1 Å². The standard InChI is InChI=1S/C32H26FN7O2/c1-3-24-22-12-11-19(14-25(22)38-37-24)29-28-31(34)35-16-36-32(28)40(39-29)17(2)30-27(18-7-6-8-20(33)13-18)23(15-41)21-9-4-5-10-26(21)42-30/h4-17,23H,3H2,1-2H3,(H,37,38)(H2,34,35,36). The monoisotopic (exact) mass is 559 g/mol. The Kier molecular flexibility index (Phi) is 6.04.